The summed E-state index contributed by atoms with van der Waals surface area (Å²) >= 11 is 0. The molecular weight excluding hydrogens is 264 g/mol. The monoisotopic (exact) mass is 290 g/mol. The van der Waals surface area contributed by atoms with Crippen molar-refractivity contribution >= 4 is 11.6 Å². The van der Waals surface area contributed by atoms with Crippen LogP contribution >= 0.6 is 0 Å². The summed E-state index contributed by atoms with van der Waals surface area (Å²) in [4.78, 5) is 13.8. The lowest BCUT2D eigenvalue weighted by Gasteiger charge is -2.13. The number of rotatable bonds is 9. The molecular formula is C17H26N2O2. The predicted molar refractivity (Wildman–Crippen MR) is 87.7 cm³/mol. The molecule has 1 amide bonds. The van der Waals surface area contributed by atoms with Crippen molar-refractivity contribution in [3.05, 3.63) is 42.5 Å². The highest BCUT2D eigenvalue weighted by molar-refractivity contribution is 5.80. The number of amides is 1. The maximum absolute atomic E-state index is 11.7. The van der Waals surface area contributed by atoms with Crippen LogP contribution in [0.25, 0.3) is 0 Å². The number of anilines is 1. The molecule has 1 N–H and O–H groups in total. The van der Waals surface area contributed by atoms with Gasteiger partial charge in [0.1, 0.15) is 6.10 Å². The third kappa shape index (κ3) is 6.45. The smallest absolute Gasteiger partial charge is 0.248 e. The van der Waals surface area contributed by atoms with E-state index in [1.54, 1.807) is 13.0 Å². The van der Waals surface area contributed by atoms with E-state index in [1.165, 1.54) is 11.3 Å². The Morgan fingerprint density at radius 2 is 2.05 bits per heavy atom. The Kier molecular flexibility index (Phi) is 7.54. The second kappa shape index (κ2) is 9.19. The van der Waals surface area contributed by atoms with Crippen molar-refractivity contribution in [2.24, 2.45) is 0 Å². The van der Waals surface area contributed by atoms with E-state index in [0.717, 1.165) is 12.8 Å². The molecule has 1 aromatic rings. The van der Waals surface area contributed by atoms with Gasteiger partial charge in [0.05, 0.1) is 6.61 Å². The number of benzene rings is 1. The Morgan fingerprint density at radius 3 is 2.62 bits per heavy atom. The normalized spacial score (nSPS) is 11.8. The fourth-order valence-corrected chi connectivity index (χ4v) is 1.90. The van der Waals surface area contributed by atoms with E-state index in [4.69, 9.17) is 4.74 Å². The standard InChI is InChI=1S/C17H26N2O2/c1-5-13-21-14(2)17(20)18-12-6-7-15-8-10-16(11-9-15)19(3)4/h5,8-11,14H,1,6-7,12-13H2,2-4H3,(H,18,20). The van der Waals surface area contributed by atoms with Crippen LogP contribution in [0.15, 0.2) is 36.9 Å². The van der Waals surface area contributed by atoms with Gasteiger partial charge in [0.2, 0.25) is 5.91 Å². The summed E-state index contributed by atoms with van der Waals surface area (Å²) in [7, 11) is 4.06. The maximum Gasteiger partial charge on any atom is 0.248 e. The maximum atomic E-state index is 11.7. The number of hydrogen-bond donors (Lipinski definition) is 1. The van der Waals surface area contributed by atoms with Crippen molar-refractivity contribution in [2.45, 2.75) is 25.9 Å². The van der Waals surface area contributed by atoms with Gasteiger partial charge in [-0.25, -0.2) is 0 Å². The second-order valence-corrected chi connectivity index (χ2v) is 5.22. The van der Waals surface area contributed by atoms with E-state index in [1.807, 2.05) is 14.1 Å². The Hall–Kier alpha value is -1.81. The lowest BCUT2D eigenvalue weighted by Crippen LogP contribution is -2.35. The molecule has 0 bridgehead atoms. The molecule has 0 aromatic heterocycles. The van der Waals surface area contributed by atoms with Crippen LogP contribution in [0.3, 0.4) is 0 Å². The summed E-state index contributed by atoms with van der Waals surface area (Å²) in [6.07, 6.45) is 3.08. The molecule has 21 heavy (non-hydrogen) atoms. The molecule has 0 aliphatic heterocycles. The van der Waals surface area contributed by atoms with Crippen molar-refractivity contribution in [2.75, 3.05) is 32.1 Å². The minimum absolute atomic E-state index is 0.0696. The van der Waals surface area contributed by atoms with Gasteiger partial charge >= 0.3 is 0 Å². The fourth-order valence-electron chi connectivity index (χ4n) is 1.90. The fraction of sp³-hybridized carbons (Fsp3) is 0.471. The second-order valence-electron chi connectivity index (χ2n) is 5.22. The first-order valence-corrected chi connectivity index (χ1v) is 7.31. The molecule has 0 heterocycles. The van der Waals surface area contributed by atoms with Gasteiger partial charge < -0.3 is 15.0 Å². The van der Waals surface area contributed by atoms with Crippen molar-refractivity contribution < 1.29 is 9.53 Å². The van der Waals surface area contributed by atoms with Gasteiger partial charge in [-0.15, -0.1) is 6.58 Å². The van der Waals surface area contributed by atoms with E-state index in [2.05, 4.69) is 41.1 Å². The van der Waals surface area contributed by atoms with Gasteiger partial charge in [-0.3, -0.25) is 4.79 Å². The molecule has 1 unspecified atom stereocenters. The average molecular weight is 290 g/mol. The molecule has 4 heteroatoms. The third-order valence-corrected chi connectivity index (χ3v) is 3.23. The number of ether oxygens (including phenoxy) is 1. The van der Waals surface area contributed by atoms with E-state index in [0.29, 0.717) is 13.2 Å². The number of carbonyl (C=O) groups excluding carboxylic acids is 1. The zero-order valence-electron chi connectivity index (χ0n) is 13.3. The van der Waals surface area contributed by atoms with Crippen LogP contribution in [-0.4, -0.2) is 39.3 Å². The van der Waals surface area contributed by atoms with Crippen molar-refractivity contribution in [3.8, 4) is 0 Å². The van der Waals surface area contributed by atoms with E-state index >= 15 is 0 Å². The number of hydrogen-bond acceptors (Lipinski definition) is 3. The first-order chi connectivity index (χ1) is 10.0. The van der Waals surface area contributed by atoms with Crippen LogP contribution in [0.4, 0.5) is 5.69 Å². The Balaban J connectivity index is 2.24. The van der Waals surface area contributed by atoms with Gasteiger partial charge in [0, 0.05) is 26.3 Å². The van der Waals surface area contributed by atoms with Gasteiger partial charge in [-0.2, -0.15) is 0 Å². The minimum Gasteiger partial charge on any atom is -0.378 e. The molecule has 4 nitrogen and oxygen atoms in total. The van der Waals surface area contributed by atoms with Crippen LogP contribution < -0.4 is 10.2 Å². The Labute approximate surface area is 127 Å². The number of nitrogens with zero attached hydrogens (tertiary/aromatic N) is 1. The van der Waals surface area contributed by atoms with Gasteiger partial charge in [0.15, 0.2) is 0 Å². The highest BCUT2D eigenvalue weighted by atomic mass is 16.5. The van der Waals surface area contributed by atoms with Crippen molar-refractivity contribution in [3.63, 3.8) is 0 Å². The van der Waals surface area contributed by atoms with Crippen LogP contribution in [0, 0.1) is 0 Å². The molecule has 0 saturated heterocycles. The lowest BCUT2D eigenvalue weighted by atomic mass is 10.1. The quantitative estimate of drug-likeness (QED) is 0.561. The van der Waals surface area contributed by atoms with Gasteiger partial charge in [-0.1, -0.05) is 18.2 Å². The lowest BCUT2D eigenvalue weighted by molar-refractivity contribution is -0.130. The van der Waals surface area contributed by atoms with E-state index in [-0.39, 0.29) is 5.91 Å². The van der Waals surface area contributed by atoms with Crippen LogP contribution in [0.2, 0.25) is 0 Å². The number of aryl methyl sites for hydroxylation is 1. The molecule has 0 aliphatic carbocycles. The molecule has 116 valence electrons. The Bertz CT molecular complexity index is 441. The topological polar surface area (TPSA) is 41.6 Å². The van der Waals surface area contributed by atoms with Crippen LogP contribution in [0.5, 0.6) is 0 Å². The molecule has 0 aliphatic rings. The number of nitrogens with one attached hydrogen (secondary N) is 1. The summed E-state index contributed by atoms with van der Waals surface area (Å²) in [6.45, 7) is 6.37. The van der Waals surface area contributed by atoms with Crippen LogP contribution in [0.1, 0.15) is 18.9 Å². The third-order valence-electron chi connectivity index (χ3n) is 3.23. The highest BCUT2D eigenvalue weighted by Crippen LogP contribution is 2.13. The van der Waals surface area contributed by atoms with E-state index in [9.17, 15) is 4.79 Å². The van der Waals surface area contributed by atoms with Crippen molar-refractivity contribution in [1.82, 2.24) is 5.32 Å². The first kappa shape index (κ1) is 17.2. The molecule has 0 radical (unpaired) electrons. The molecule has 1 rings (SSSR count). The average Bonchev–Trinajstić information content (AvgIpc) is 2.49. The SMILES string of the molecule is C=CCOC(C)C(=O)NCCCc1ccc(N(C)C)cc1. The largest absolute Gasteiger partial charge is 0.378 e. The summed E-state index contributed by atoms with van der Waals surface area (Å²) < 4.78 is 5.27. The summed E-state index contributed by atoms with van der Waals surface area (Å²) in [5, 5.41) is 2.88. The van der Waals surface area contributed by atoms with Crippen LogP contribution in [-0.2, 0) is 16.0 Å². The highest BCUT2D eigenvalue weighted by Gasteiger charge is 2.11. The predicted octanol–water partition coefficient (Wildman–Crippen LogP) is 2.39. The van der Waals surface area contributed by atoms with Gasteiger partial charge in [-0.05, 0) is 37.5 Å². The molecule has 0 saturated carbocycles. The number of carbonyl (C=O) groups is 1. The van der Waals surface area contributed by atoms with E-state index < -0.39 is 6.10 Å². The summed E-state index contributed by atoms with van der Waals surface area (Å²) in [5.74, 6) is -0.0696. The van der Waals surface area contributed by atoms with Gasteiger partial charge in [0.25, 0.3) is 0 Å². The first-order valence-electron chi connectivity index (χ1n) is 7.31. The molecule has 1 aromatic carbocycles. The summed E-state index contributed by atoms with van der Waals surface area (Å²) in [6, 6.07) is 8.48. The molecule has 0 fully saturated rings. The zero-order valence-corrected chi connectivity index (χ0v) is 13.3. The zero-order chi connectivity index (χ0) is 15.7. The summed E-state index contributed by atoms with van der Waals surface area (Å²) in [5.41, 5.74) is 2.48. The Morgan fingerprint density at radius 1 is 1.38 bits per heavy atom. The van der Waals surface area contributed by atoms with Crippen molar-refractivity contribution in [1.29, 1.82) is 0 Å². The molecule has 1 atom stereocenters. The minimum atomic E-state index is -0.428. The molecule has 0 spiro atoms.